The number of hydrogen-bond acceptors (Lipinski definition) is 19. The third-order valence-electron chi connectivity index (χ3n) is 20.4. The minimum atomic E-state index is -1.76. The molecule has 9 aliphatic rings. The van der Waals surface area contributed by atoms with Crippen LogP contribution in [0.25, 0.3) is 0 Å². The first-order valence-corrected chi connectivity index (χ1v) is 25.1. The van der Waals surface area contributed by atoms with Gasteiger partial charge in [-0.1, -0.05) is 27.4 Å². The lowest BCUT2D eigenvalue weighted by Gasteiger charge is -2.64. The van der Waals surface area contributed by atoms with E-state index in [4.69, 9.17) is 37.9 Å². The third kappa shape index (κ3) is 7.61. The molecule has 0 aromatic rings. The van der Waals surface area contributed by atoms with E-state index in [0.717, 1.165) is 51.4 Å². The minimum Gasteiger partial charge on any atom is -0.396 e. The Kier molecular flexibility index (Phi) is 14.0. The lowest BCUT2D eigenvalue weighted by Crippen LogP contribution is -2.66. The van der Waals surface area contributed by atoms with Crippen LogP contribution in [-0.2, 0) is 37.9 Å². The maximum Gasteiger partial charge on any atom is 0.187 e. The molecule has 2 spiro atoms. The molecule has 0 amide bonds. The fourth-order valence-corrected chi connectivity index (χ4v) is 16.2. The van der Waals surface area contributed by atoms with Gasteiger partial charge in [-0.05, 0) is 124 Å². The van der Waals surface area contributed by atoms with Crippen molar-refractivity contribution in [1.82, 2.24) is 0 Å². The highest BCUT2D eigenvalue weighted by Gasteiger charge is 2.83. The van der Waals surface area contributed by atoms with Gasteiger partial charge >= 0.3 is 0 Å². The van der Waals surface area contributed by atoms with Gasteiger partial charge in [0.25, 0.3) is 0 Å². The molecule has 9 fully saturated rings. The number of aliphatic hydroxyl groups excluding tert-OH is 11. The van der Waals surface area contributed by atoms with E-state index in [1.54, 1.807) is 14.0 Å². The molecule has 11 N–H and O–H groups in total. The average Bonchev–Trinajstić information content (AvgIpc) is 3.76. The van der Waals surface area contributed by atoms with E-state index in [2.05, 4.69) is 20.4 Å². The molecule has 19 nitrogen and oxygen atoms in total. The molecular weight excluding hydrogens is 893 g/mol. The van der Waals surface area contributed by atoms with E-state index < -0.39 is 135 Å². The maximum atomic E-state index is 11.8. The summed E-state index contributed by atoms with van der Waals surface area (Å²) >= 11 is 0. The van der Waals surface area contributed by atoms with Gasteiger partial charge in [0, 0.05) is 18.4 Å². The van der Waals surface area contributed by atoms with Crippen molar-refractivity contribution < 1.29 is 94.1 Å². The Balaban J connectivity index is 0.951. The molecule has 68 heavy (non-hydrogen) atoms. The second-order valence-corrected chi connectivity index (χ2v) is 23.4. The van der Waals surface area contributed by atoms with Crippen molar-refractivity contribution in [1.29, 1.82) is 0 Å². The highest BCUT2D eigenvalue weighted by Crippen LogP contribution is 2.89. The summed E-state index contributed by atoms with van der Waals surface area (Å²) in [5, 5.41) is 121. The SMILES string of the molecule is C=C(C)[C@@H](O)[C@H]1OC(OC)[C@@H]([C@H]2CC[C@@]3(C)[C@@H]4CC[C@H]5[C@@](C)(CO)[C@@H](O[C@@H]6O[C@H](CO[C@@H]7O[C@@H](C)[C@H](O)[C@@H](O)[C@H]7O)[C@@H](O)[C@H](O)[C@H]6O[C@@H]6O[C@@H](C)[C@H](O)[C@@H](O)[C@H]6O)CC[C@@]56C[C@@]46CC[C@]23C)[C@H]1O. The number of rotatable bonds is 12. The Morgan fingerprint density at radius 3 is 1.88 bits per heavy atom. The van der Waals surface area contributed by atoms with Gasteiger partial charge in [0.05, 0.1) is 37.6 Å². The van der Waals surface area contributed by atoms with Crippen molar-refractivity contribution in [3.05, 3.63) is 12.2 Å². The van der Waals surface area contributed by atoms with Crippen LogP contribution in [0.2, 0.25) is 0 Å². The van der Waals surface area contributed by atoms with Gasteiger partial charge in [-0.15, -0.1) is 0 Å². The molecule has 9 rings (SSSR count). The van der Waals surface area contributed by atoms with Crippen LogP contribution in [0.3, 0.4) is 0 Å². The van der Waals surface area contributed by atoms with E-state index in [1.165, 1.54) is 13.8 Å². The van der Waals surface area contributed by atoms with Crippen molar-refractivity contribution >= 4 is 0 Å². The molecule has 390 valence electrons. The van der Waals surface area contributed by atoms with Crippen LogP contribution >= 0.6 is 0 Å². The predicted molar refractivity (Wildman–Crippen MR) is 235 cm³/mol. The first-order valence-electron chi connectivity index (χ1n) is 25.1. The molecule has 4 heterocycles. The molecular formula is C49H80O19. The fraction of sp³-hybridized carbons (Fsp3) is 0.959. The lowest BCUT2D eigenvalue weighted by molar-refractivity contribution is -0.380. The van der Waals surface area contributed by atoms with E-state index >= 15 is 0 Å². The summed E-state index contributed by atoms with van der Waals surface area (Å²) in [4.78, 5) is 0. The molecule has 1 unspecified atom stereocenters. The summed E-state index contributed by atoms with van der Waals surface area (Å²) in [6, 6.07) is 0. The molecule has 0 aromatic heterocycles. The monoisotopic (exact) mass is 973 g/mol. The van der Waals surface area contributed by atoms with Crippen molar-refractivity contribution in [2.24, 2.45) is 50.7 Å². The summed E-state index contributed by atoms with van der Waals surface area (Å²) in [6.45, 7) is 14.8. The van der Waals surface area contributed by atoms with Crippen LogP contribution in [0.4, 0.5) is 0 Å². The zero-order valence-corrected chi connectivity index (χ0v) is 40.5. The van der Waals surface area contributed by atoms with Gasteiger partial charge < -0.3 is 94.1 Å². The van der Waals surface area contributed by atoms with Crippen molar-refractivity contribution in [3.8, 4) is 0 Å². The van der Waals surface area contributed by atoms with E-state index in [0.29, 0.717) is 17.9 Å². The van der Waals surface area contributed by atoms with Gasteiger partial charge in [0.1, 0.15) is 73.2 Å². The van der Waals surface area contributed by atoms with Crippen LogP contribution < -0.4 is 0 Å². The largest absolute Gasteiger partial charge is 0.396 e. The molecule has 0 aromatic carbocycles. The second kappa shape index (κ2) is 18.4. The van der Waals surface area contributed by atoms with Gasteiger partial charge in [0.15, 0.2) is 25.2 Å². The lowest BCUT2D eigenvalue weighted by atomic mass is 9.41. The van der Waals surface area contributed by atoms with Gasteiger partial charge in [-0.2, -0.15) is 0 Å². The van der Waals surface area contributed by atoms with Crippen LogP contribution in [-0.4, -0.2) is 199 Å². The summed E-state index contributed by atoms with van der Waals surface area (Å²) in [5.41, 5.74) is -0.533. The standard InChI is InChI=1S/C49H80O19/c1-20(2)29(51)39-33(55)28(41(61-8)67-39)23-11-13-47(7)26-10-9-25-45(5,19-50)27(12-14-48(25)18-49(26,48)16-15-46(23,47)6)66-44-40(68-43-38(60)35(57)31(53)22(4)64-43)36(58)32(54)24(65-44)17-62-42-37(59)34(56)30(52)21(3)63-42/h21-44,50-60H,1,9-19H2,2-8H3/t21-,22-,23+,24+,25-,26-,27-,28-,29+,30-,31-,32+,33+,34+,35+,36-,37+,38+,39+,40+,41?,42+,43-,44-,45+,46+,47-,48+,49-/m0/s1. The highest BCUT2D eigenvalue weighted by atomic mass is 16.8. The van der Waals surface area contributed by atoms with Crippen molar-refractivity contribution in [3.63, 3.8) is 0 Å². The highest BCUT2D eigenvalue weighted by molar-refractivity contribution is 5.31. The van der Waals surface area contributed by atoms with Gasteiger partial charge in [0.2, 0.25) is 0 Å². The van der Waals surface area contributed by atoms with Crippen LogP contribution in [0.5, 0.6) is 0 Å². The molecule has 19 heteroatoms. The number of ether oxygens (including phenoxy) is 8. The van der Waals surface area contributed by atoms with E-state index in [-0.39, 0.29) is 46.0 Å². The topological polar surface area (TPSA) is 296 Å². The summed E-state index contributed by atoms with van der Waals surface area (Å²) < 4.78 is 48.7. The number of aliphatic hydroxyl groups is 11. The smallest absolute Gasteiger partial charge is 0.187 e. The minimum absolute atomic E-state index is 0.0315. The average molecular weight is 973 g/mol. The normalized spacial score (nSPS) is 58.2. The molecule has 4 saturated heterocycles. The summed E-state index contributed by atoms with van der Waals surface area (Å²) in [5.74, 6) is 0.211. The maximum absolute atomic E-state index is 11.8. The zero-order chi connectivity index (χ0) is 49.4. The first-order chi connectivity index (χ1) is 32.0. The zero-order valence-electron chi connectivity index (χ0n) is 40.5. The van der Waals surface area contributed by atoms with E-state index in [9.17, 15) is 56.2 Å². The fourth-order valence-electron chi connectivity index (χ4n) is 16.2. The van der Waals surface area contributed by atoms with Gasteiger partial charge in [-0.3, -0.25) is 0 Å². The molecule has 29 atom stereocenters. The predicted octanol–water partition coefficient (Wildman–Crippen LogP) is -0.428. The quantitative estimate of drug-likeness (QED) is 0.0874. The molecule has 0 bridgehead atoms. The summed E-state index contributed by atoms with van der Waals surface area (Å²) in [6.07, 6.45) is -18.3. The molecule has 5 aliphatic carbocycles. The Bertz CT molecular complexity index is 1830. The first kappa shape index (κ1) is 51.9. The number of hydrogen-bond donors (Lipinski definition) is 11. The Hall–Kier alpha value is -1.02. The van der Waals surface area contributed by atoms with E-state index in [1.807, 2.05) is 6.92 Å². The molecule has 5 saturated carbocycles. The molecule has 4 aliphatic heterocycles. The van der Waals surface area contributed by atoms with Crippen molar-refractivity contribution in [2.75, 3.05) is 20.3 Å². The van der Waals surface area contributed by atoms with Gasteiger partial charge in [-0.25, -0.2) is 0 Å². The Morgan fingerprint density at radius 2 is 1.25 bits per heavy atom. The molecule has 0 radical (unpaired) electrons. The Morgan fingerprint density at radius 1 is 0.632 bits per heavy atom. The van der Waals surface area contributed by atoms with Crippen LogP contribution in [0.15, 0.2) is 12.2 Å². The number of fused-ring (bicyclic) bond motifs is 2. The third-order valence-corrected chi connectivity index (χ3v) is 20.4. The van der Waals surface area contributed by atoms with Crippen LogP contribution in [0.1, 0.15) is 99.3 Å². The Labute approximate surface area is 398 Å². The second-order valence-electron chi connectivity index (χ2n) is 23.4. The number of methoxy groups -OCH3 is 1. The summed E-state index contributed by atoms with van der Waals surface area (Å²) in [7, 11) is 1.60. The van der Waals surface area contributed by atoms with Crippen molar-refractivity contribution in [2.45, 2.75) is 222 Å². The van der Waals surface area contributed by atoms with Crippen LogP contribution in [0, 0.1) is 50.7 Å².